The Hall–Kier alpha value is -1.42. The highest BCUT2D eigenvalue weighted by atomic mass is 28.4. The van der Waals surface area contributed by atoms with Crippen LogP contribution in [0.3, 0.4) is 0 Å². The van der Waals surface area contributed by atoms with Crippen molar-refractivity contribution in [3.63, 3.8) is 0 Å². The first kappa shape index (κ1) is 14.6. The summed E-state index contributed by atoms with van der Waals surface area (Å²) < 4.78 is 5.49. The van der Waals surface area contributed by atoms with Crippen LogP contribution in [0.4, 0.5) is 0 Å². The average molecular weight is 263 g/mol. The van der Waals surface area contributed by atoms with Gasteiger partial charge in [0.25, 0.3) is 8.32 Å². The molecular formula is C14H21NO2Si. The molecule has 0 spiro atoms. The highest BCUT2D eigenvalue weighted by molar-refractivity contribution is 6.69. The van der Waals surface area contributed by atoms with Crippen LogP contribution >= 0.6 is 0 Å². The summed E-state index contributed by atoms with van der Waals surface area (Å²) in [6, 6.07) is 9.30. The van der Waals surface area contributed by atoms with Gasteiger partial charge in [0, 0.05) is 5.56 Å². The highest BCUT2D eigenvalue weighted by Crippen LogP contribution is 2.08. The van der Waals surface area contributed by atoms with Crippen LogP contribution in [0.1, 0.15) is 30.1 Å². The molecule has 0 bridgehead atoms. The van der Waals surface area contributed by atoms with Crippen LogP contribution in [0, 0.1) is 0 Å². The summed E-state index contributed by atoms with van der Waals surface area (Å²) in [5, 5.41) is 4.14. The topological polar surface area (TPSA) is 38.7 Å². The lowest BCUT2D eigenvalue weighted by Gasteiger charge is -2.14. The van der Waals surface area contributed by atoms with Gasteiger partial charge in [-0.3, -0.25) is 4.79 Å². The van der Waals surface area contributed by atoms with E-state index in [-0.39, 0.29) is 5.78 Å². The van der Waals surface area contributed by atoms with Gasteiger partial charge in [-0.05, 0) is 26.1 Å². The van der Waals surface area contributed by atoms with Gasteiger partial charge >= 0.3 is 0 Å². The van der Waals surface area contributed by atoms with Gasteiger partial charge in [0.15, 0.2) is 5.78 Å². The van der Waals surface area contributed by atoms with Crippen molar-refractivity contribution >= 4 is 19.8 Å². The number of rotatable bonds is 6. The number of benzene rings is 1. The first-order valence-electron chi connectivity index (χ1n) is 6.24. The zero-order chi connectivity index (χ0) is 13.6. The van der Waals surface area contributed by atoms with Gasteiger partial charge in [-0.15, -0.1) is 5.16 Å². The molecule has 0 N–H and O–H groups in total. The summed E-state index contributed by atoms with van der Waals surface area (Å²) in [5.41, 5.74) is 1.54. The van der Waals surface area contributed by atoms with Crippen LogP contribution in [0.25, 0.3) is 0 Å². The van der Waals surface area contributed by atoms with Crippen molar-refractivity contribution in [3.8, 4) is 0 Å². The fraction of sp³-hybridized carbons (Fsp3) is 0.429. The Balaban J connectivity index is 2.67. The summed E-state index contributed by atoms with van der Waals surface area (Å²) in [6.45, 7) is 8.21. The second-order valence-corrected chi connectivity index (χ2v) is 9.59. The monoisotopic (exact) mass is 263 g/mol. The van der Waals surface area contributed by atoms with Crippen molar-refractivity contribution in [2.45, 2.75) is 39.4 Å². The lowest BCUT2D eigenvalue weighted by Crippen LogP contribution is -2.23. The molecule has 0 aliphatic carbocycles. The van der Waals surface area contributed by atoms with Crippen LogP contribution in [-0.2, 0) is 4.53 Å². The Bertz CT molecular complexity index is 421. The third-order valence-electron chi connectivity index (χ3n) is 2.32. The Morgan fingerprint density at radius 1 is 1.22 bits per heavy atom. The Morgan fingerprint density at radius 3 is 2.33 bits per heavy atom. The first-order chi connectivity index (χ1) is 8.42. The quantitative estimate of drug-likeness (QED) is 0.338. The van der Waals surface area contributed by atoms with Crippen molar-refractivity contribution in [1.82, 2.24) is 0 Å². The third-order valence-corrected chi connectivity index (χ3v) is 2.96. The number of carbonyl (C=O) groups is 1. The van der Waals surface area contributed by atoms with Crippen molar-refractivity contribution < 1.29 is 9.32 Å². The Morgan fingerprint density at radius 2 is 1.83 bits per heavy atom. The van der Waals surface area contributed by atoms with E-state index in [1.165, 1.54) is 0 Å². The molecule has 0 atom stereocenters. The van der Waals surface area contributed by atoms with Crippen molar-refractivity contribution in [3.05, 3.63) is 35.9 Å². The molecule has 0 fully saturated rings. The van der Waals surface area contributed by atoms with E-state index in [9.17, 15) is 4.79 Å². The van der Waals surface area contributed by atoms with E-state index in [1.54, 1.807) is 0 Å². The van der Waals surface area contributed by atoms with E-state index in [2.05, 4.69) is 24.8 Å². The maximum Gasteiger partial charge on any atom is 0.278 e. The maximum atomic E-state index is 12.0. The molecule has 0 aromatic heterocycles. The van der Waals surface area contributed by atoms with Gasteiger partial charge in [0.2, 0.25) is 0 Å². The van der Waals surface area contributed by atoms with Gasteiger partial charge in [-0.1, -0.05) is 37.3 Å². The standard InChI is InChI=1S/C14H21NO2Si/c1-5-13(15-17-18(2,3)4)11-14(16)12-9-7-6-8-10-12/h6-10H,5,11H2,1-4H3/b15-13+. The second-order valence-electron chi connectivity index (χ2n) is 5.18. The van der Waals surface area contributed by atoms with Gasteiger partial charge in [-0.2, -0.15) is 0 Å². The summed E-state index contributed by atoms with van der Waals surface area (Å²) >= 11 is 0. The molecule has 4 heteroatoms. The smallest absolute Gasteiger partial charge is 0.278 e. The van der Waals surface area contributed by atoms with E-state index in [0.29, 0.717) is 6.42 Å². The minimum atomic E-state index is -1.67. The molecule has 0 aliphatic rings. The van der Waals surface area contributed by atoms with Crippen molar-refractivity contribution in [2.24, 2.45) is 5.16 Å². The molecular weight excluding hydrogens is 242 g/mol. The Kier molecular flexibility index (Phi) is 5.28. The molecule has 0 heterocycles. The number of carbonyl (C=O) groups excluding carboxylic acids is 1. The van der Waals surface area contributed by atoms with Crippen LogP contribution in [0.15, 0.2) is 35.5 Å². The van der Waals surface area contributed by atoms with Gasteiger partial charge in [0.05, 0.1) is 12.1 Å². The normalized spacial score (nSPS) is 12.3. The molecule has 0 saturated carbocycles. The molecule has 0 radical (unpaired) electrons. The maximum absolute atomic E-state index is 12.0. The number of ketones is 1. The molecule has 0 unspecified atom stereocenters. The largest absolute Gasteiger partial charge is 0.456 e. The lowest BCUT2D eigenvalue weighted by molar-refractivity contribution is 0.0999. The van der Waals surface area contributed by atoms with Gasteiger partial charge in [-0.25, -0.2) is 0 Å². The molecule has 0 amide bonds. The minimum Gasteiger partial charge on any atom is -0.456 e. The number of Topliss-reactive ketones (excluding diaryl/α,β-unsaturated/α-hetero) is 1. The van der Waals surface area contributed by atoms with Crippen LogP contribution < -0.4 is 0 Å². The highest BCUT2D eigenvalue weighted by Gasteiger charge is 2.17. The summed E-state index contributed by atoms with van der Waals surface area (Å²) in [5.74, 6) is 0.0929. The number of oxime groups is 1. The first-order valence-corrected chi connectivity index (χ1v) is 9.65. The molecule has 0 saturated heterocycles. The van der Waals surface area contributed by atoms with Crippen molar-refractivity contribution in [2.75, 3.05) is 0 Å². The molecule has 18 heavy (non-hydrogen) atoms. The third kappa shape index (κ3) is 5.27. The molecule has 1 rings (SSSR count). The van der Waals surface area contributed by atoms with E-state index >= 15 is 0 Å². The fourth-order valence-electron chi connectivity index (χ4n) is 1.33. The van der Waals surface area contributed by atoms with E-state index in [4.69, 9.17) is 4.53 Å². The summed E-state index contributed by atoms with van der Waals surface area (Å²) in [4.78, 5) is 12.0. The van der Waals surface area contributed by atoms with Crippen LogP contribution in [-0.4, -0.2) is 19.8 Å². The zero-order valence-electron chi connectivity index (χ0n) is 11.6. The lowest BCUT2D eigenvalue weighted by atomic mass is 10.0. The van der Waals surface area contributed by atoms with Crippen LogP contribution in [0.5, 0.6) is 0 Å². The molecule has 1 aromatic carbocycles. The second kappa shape index (κ2) is 6.49. The molecule has 98 valence electrons. The fourth-order valence-corrected chi connectivity index (χ4v) is 1.74. The van der Waals surface area contributed by atoms with Crippen LogP contribution in [0.2, 0.25) is 19.6 Å². The van der Waals surface area contributed by atoms with E-state index in [1.807, 2.05) is 37.3 Å². The number of hydrogen-bond donors (Lipinski definition) is 0. The SMILES string of the molecule is CC/C(CC(=O)c1ccccc1)=N\O[Si](C)(C)C. The predicted octanol–water partition coefficient (Wildman–Crippen LogP) is 3.88. The summed E-state index contributed by atoms with van der Waals surface area (Å²) in [6.07, 6.45) is 1.08. The molecule has 0 aliphatic heterocycles. The van der Waals surface area contributed by atoms with E-state index in [0.717, 1.165) is 17.7 Å². The Labute approximate surface area is 110 Å². The average Bonchev–Trinajstić information content (AvgIpc) is 2.34. The van der Waals surface area contributed by atoms with Gasteiger partial charge < -0.3 is 4.53 Å². The minimum absolute atomic E-state index is 0.0929. The number of hydrogen-bond acceptors (Lipinski definition) is 3. The van der Waals surface area contributed by atoms with Gasteiger partial charge in [0.1, 0.15) is 0 Å². The van der Waals surface area contributed by atoms with E-state index < -0.39 is 8.32 Å². The van der Waals surface area contributed by atoms with Crippen molar-refractivity contribution in [1.29, 1.82) is 0 Å². The summed E-state index contributed by atoms with van der Waals surface area (Å²) in [7, 11) is -1.67. The molecule has 3 nitrogen and oxygen atoms in total. The number of nitrogens with zero attached hydrogens (tertiary/aromatic N) is 1. The zero-order valence-corrected chi connectivity index (χ0v) is 12.6. The molecule has 1 aromatic rings. The predicted molar refractivity (Wildman–Crippen MR) is 77.5 cm³/mol.